The van der Waals surface area contributed by atoms with E-state index < -0.39 is 11.9 Å². The molecule has 1 aromatic rings. The highest BCUT2D eigenvalue weighted by Crippen LogP contribution is 2.18. The summed E-state index contributed by atoms with van der Waals surface area (Å²) in [5.74, 6) is -0.655. The Labute approximate surface area is 126 Å². The minimum atomic E-state index is -0.988. The Hall–Kier alpha value is -1.46. The molecule has 118 valence electrons. The van der Waals surface area contributed by atoms with Gasteiger partial charge in [0.1, 0.15) is 5.82 Å². The third kappa shape index (κ3) is 6.69. The normalized spacial score (nSPS) is 13.3. The molecule has 1 amide bonds. The van der Waals surface area contributed by atoms with E-state index in [4.69, 9.17) is 0 Å². The molecule has 5 heteroatoms. The van der Waals surface area contributed by atoms with Gasteiger partial charge in [-0.25, -0.2) is 4.39 Å². The summed E-state index contributed by atoms with van der Waals surface area (Å²) in [6, 6.07) is 5.68. The summed E-state index contributed by atoms with van der Waals surface area (Å²) in [6.07, 6.45) is -1.06. The van der Waals surface area contributed by atoms with Gasteiger partial charge in [-0.05, 0) is 37.2 Å². The average Bonchev–Trinajstić information content (AvgIpc) is 2.35. The zero-order chi connectivity index (χ0) is 16.0. The molecule has 0 aromatic heterocycles. The summed E-state index contributed by atoms with van der Waals surface area (Å²) in [5.41, 5.74) is 0.362. The highest BCUT2D eigenvalue weighted by Gasteiger charge is 2.21. The first-order chi connectivity index (χ1) is 9.69. The molecule has 1 atom stereocenters. The van der Waals surface area contributed by atoms with Crippen LogP contribution in [0.25, 0.3) is 0 Å². The Morgan fingerprint density at radius 3 is 2.67 bits per heavy atom. The van der Waals surface area contributed by atoms with Gasteiger partial charge in [-0.3, -0.25) is 4.79 Å². The molecular formula is C16H25FN2O2. The summed E-state index contributed by atoms with van der Waals surface area (Å²) in [5, 5.41) is 12.8. The maximum atomic E-state index is 13.1. The van der Waals surface area contributed by atoms with Gasteiger partial charge in [0.15, 0.2) is 0 Å². The molecule has 0 radical (unpaired) electrons. The van der Waals surface area contributed by atoms with Crippen molar-refractivity contribution in [3.63, 3.8) is 0 Å². The van der Waals surface area contributed by atoms with E-state index in [0.717, 1.165) is 6.54 Å². The summed E-state index contributed by atoms with van der Waals surface area (Å²) < 4.78 is 13.1. The second-order valence-corrected chi connectivity index (χ2v) is 6.45. The van der Waals surface area contributed by atoms with Crippen LogP contribution in [0.2, 0.25) is 0 Å². The quantitative estimate of drug-likeness (QED) is 0.808. The molecule has 1 rings (SSSR count). The number of rotatable bonds is 7. The fourth-order valence-electron chi connectivity index (χ4n) is 2.33. The first-order valence-electron chi connectivity index (χ1n) is 7.04. The molecule has 0 fully saturated rings. The number of hydrogen-bond donors (Lipinski definition) is 2. The Kier molecular flexibility index (Phi) is 6.30. The fourth-order valence-corrected chi connectivity index (χ4v) is 2.33. The lowest BCUT2D eigenvalue weighted by molar-refractivity contribution is -0.123. The van der Waals surface area contributed by atoms with E-state index in [1.54, 1.807) is 6.07 Å². The van der Waals surface area contributed by atoms with Gasteiger partial charge >= 0.3 is 0 Å². The summed E-state index contributed by atoms with van der Waals surface area (Å²) in [7, 11) is 3.97. The standard InChI is InChI=1S/C16H25FN2O2/c1-16(2,11-19(3)4)10-18-15(21)9-14(20)12-6-5-7-13(17)8-12/h5-8,14,20H,9-11H2,1-4H3,(H,18,21). The van der Waals surface area contributed by atoms with Crippen molar-refractivity contribution in [3.05, 3.63) is 35.6 Å². The van der Waals surface area contributed by atoms with Gasteiger partial charge in [0.05, 0.1) is 12.5 Å². The highest BCUT2D eigenvalue weighted by molar-refractivity contribution is 5.76. The smallest absolute Gasteiger partial charge is 0.222 e. The highest BCUT2D eigenvalue weighted by atomic mass is 19.1. The number of benzene rings is 1. The van der Waals surface area contributed by atoms with Crippen LogP contribution in [0.15, 0.2) is 24.3 Å². The molecular weight excluding hydrogens is 271 g/mol. The number of hydrogen-bond acceptors (Lipinski definition) is 3. The molecule has 0 aliphatic carbocycles. The Balaban J connectivity index is 2.47. The maximum absolute atomic E-state index is 13.1. The van der Waals surface area contributed by atoms with Crippen LogP contribution in [0.1, 0.15) is 31.9 Å². The Morgan fingerprint density at radius 1 is 1.43 bits per heavy atom. The van der Waals surface area contributed by atoms with Crippen LogP contribution in [-0.4, -0.2) is 43.1 Å². The predicted molar refractivity (Wildman–Crippen MR) is 81.3 cm³/mol. The van der Waals surface area contributed by atoms with Crippen molar-refractivity contribution in [1.82, 2.24) is 10.2 Å². The Morgan fingerprint density at radius 2 is 2.10 bits per heavy atom. The summed E-state index contributed by atoms with van der Waals surface area (Å²) >= 11 is 0. The van der Waals surface area contributed by atoms with Crippen molar-refractivity contribution in [2.75, 3.05) is 27.2 Å². The topological polar surface area (TPSA) is 52.6 Å². The molecule has 0 aliphatic rings. The van der Waals surface area contributed by atoms with Crippen molar-refractivity contribution in [2.24, 2.45) is 5.41 Å². The SMILES string of the molecule is CN(C)CC(C)(C)CNC(=O)CC(O)c1cccc(F)c1. The van der Waals surface area contributed by atoms with Crippen molar-refractivity contribution < 1.29 is 14.3 Å². The molecule has 0 saturated carbocycles. The molecule has 0 aliphatic heterocycles. The lowest BCUT2D eigenvalue weighted by Gasteiger charge is -2.28. The van der Waals surface area contributed by atoms with Crippen LogP contribution in [0.4, 0.5) is 4.39 Å². The lowest BCUT2D eigenvalue weighted by Crippen LogP contribution is -2.40. The third-order valence-corrected chi connectivity index (χ3v) is 3.12. The number of nitrogens with one attached hydrogen (secondary N) is 1. The zero-order valence-corrected chi connectivity index (χ0v) is 13.2. The molecule has 4 nitrogen and oxygen atoms in total. The summed E-state index contributed by atoms with van der Waals surface area (Å²) in [4.78, 5) is 13.9. The van der Waals surface area contributed by atoms with Crippen LogP contribution in [-0.2, 0) is 4.79 Å². The van der Waals surface area contributed by atoms with Crippen molar-refractivity contribution in [1.29, 1.82) is 0 Å². The van der Waals surface area contributed by atoms with Gasteiger partial charge < -0.3 is 15.3 Å². The number of amides is 1. The van der Waals surface area contributed by atoms with Gasteiger partial charge in [-0.15, -0.1) is 0 Å². The second-order valence-electron chi connectivity index (χ2n) is 6.45. The number of halogens is 1. The monoisotopic (exact) mass is 296 g/mol. The number of carbonyl (C=O) groups excluding carboxylic acids is 1. The average molecular weight is 296 g/mol. The number of aliphatic hydroxyl groups is 1. The van der Waals surface area contributed by atoms with E-state index in [-0.39, 0.29) is 17.7 Å². The molecule has 2 N–H and O–H groups in total. The van der Waals surface area contributed by atoms with Gasteiger partial charge in [0.25, 0.3) is 0 Å². The molecule has 0 saturated heterocycles. The first-order valence-corrected chi connectivity index (χ1v) is 7.04. The molecule has 21 heavy (non-hydrogen) atoms. The lowest BCUT2D eigenvalue weighted by atomic mass is 9.93. The molecule has 1 aromatic carbocycles. The molecule has 1 unspecified atom stereocenters. The van der Waals surface area contributed by atoms with Crippen LogP contribution in [0, 0.1) is 11.2 Å². The van der Waals surface area contributed by atoms with Gasteiger partial charge in [-0.1, -0.05) is 26.0 Å². The van der Waals surface area contributed by atoms with Crippen LogP contribution in [0.5, 0.6) is 0 Å². The van der Waals surface area contributed by atoms with E-state index in [1.165, 1.54) is 18.2 Å². The van der Waals surface area contributed by atoms with Gasteiger partial charge in [0.2, 0.25) is 5.91 Å². The van der Waals surface area contributed by atoms with E-state index in [9.17, 15) is 14.3 Å². The third-order valence-electron chi connectivity index (χ3n) is 3.12. The Bertz CT molecular complexity index is 475. The van der Waals surface area contributed by atoms with E-state index in [2.05, 4.69) is 24.1 Å². The van der Waals surface area contributed by atoms with E-state index >= 15 is 0 Å². The molecule has 0 heterocycles. The van der Waals surface area contributed by atoms with Crippen molar-refractivity contribution in [2.45, 2.75) is 26.4 Å². The largest absolute Gasteiger partial charge is 0.388 e. The zero-order valence-electron chi connectivity index (χ0n) is 13.2. The first kappa shape index (κ1) is 17.6. The number of nitrogens with zero attached hydrogens (tertiary/aromatic N) is 1. The fraction of sp³-hybridized carbons (Fsp3) is 0.562. The minimum absolute atomic E-state index is 0.0526. The predicted octanol–water partition coefficient (Wildman–Crippen LogP) is 1.95. The van der Waals surface area contributed by atoms with Crippen LogP contribution >= 0.6 is 0 Å². The minimum Gasteiger partial charge on any atom is -0.388 e. The van der Waals surface area contributed by atoms with Crippen molar-refractivity contribution in [3.8, 4) is 0 Å². The van der Waals surface area contributed by atoms with E-state index in [0.29, 0.717) is 12.1 Å². The number of aliphatic hydroxyl groups excluding tert-OH is 1. The molecule has 0 spiro atoms. The second kappa shape index (κ2) is 7.52. The van der Waals surface area contributed by atoms with Crippen LogP contribution in [0.3, 0.4) is 0 Å². The summed E-state index contributed by atoms with van der Waals surface area (Å²) in [6.45, 7) is 5.51. The van der Waals surface area contributed by atoms with E-state index in [1.807, 2.05) is 14.1 Å². The van der Waals surface area contributed by atoms with Crippen molar-refractivity contribution >= 4 is 5.91 Å². The maximum Gasteiger partial charge on any atom is 0.222 e. The van der Waals surface area contributed by atoms with Gasteiger partial charge in [0, 0.05) is 13.1 Å². The van der Waals surface area contributed by atoms with Crippen LogP contribution < -0.4 is 5.32 Å². The number of carbonyl (C=O) groups is 1. The van der Waals surface area contributed by atoms with Gasteiger partial charge in [-0.2, -0.15) is 0 Å². The molecule has 0 bridgehead atoms.